The summed E-state index contributed by atoms with van der Waals surface area (Å²) in [4.78, 5) is 15.5. The zero-order valence-electron chi connectivity index (χ0n) is 18.8. The van der Waals surface area contributed by atoms with Gasteiger partial charge < -0.3 is 20.5 Å². The molecule has 0 fully saturated rings. The van der Waals surface area contributed by atoms with Gasteiger partial charge in [0.25, 0.3) is 0 Å². The van der Waals surface area contributed by atoms with Crippen molar-refractivity contribution in [1.29, 1.82) is 5.26 Å². The van der Waals surface area contributed by atoms with Gasteiger partial charge in [-0.05, 0) is 23.3 Å². The number of alkyl halides is 1. The molecule has 3 aliphatic rings. The monoisotopic (exact) mass is 491 g/mol. The van der Waals surface area contributed by atoms with E-state index in [4.69, 9.17) is 15.2 Å². The van der Waals surface area contributed by atoms with Crippen LogP contribution in [0.15, 0.2) is 52.3 Å². The summed E-state index contributed by atoms with van der Waals surface area (Å²) in [5, 5.41) is 12.5. The fraction of sp³-hybridized carbons (Fsp3) is 0.304. The maximum atomic E-state index is 15.3. The number of amides is 2. The summed E-state index contributed by atoms with van der Waals surface area (Å²) in [6.07, 6.45) is 0.183. The number of nitrogens with two attached hydrogens (primary N) is 1. The largest absolute Gasteiger partial charge is 0.493 e. The number of hydrogen-bond donors (Lipinski definition) is 2. The van der Waals surface area contributed by atoms with E-state index in [0.29, 0.717) is 5.57 Å². The molecule has 3 N–H and O–H groups in total. The molecule has 0 bridgehead atoms. The van der Waals surface area contributed by atoms with Crippen molar-refractivity contribution in [3.8, 4) is 17.6 Å². The maximum absolute atomic E-state index is 15.3. The number of carbonyl (C=O) groups excluding carboxylic acids is 1. The number of benzene rings is 1. The highest BCUT2D eigenvalue weighted by Gasteiger charge is 2.41. The minimum absolute atomic E-state index is 0.000579. The molecule has 0 radical (unpaired) electrons. The first-order chi connectivity index (χ1) is 16.7. The lowest BCUT2D eigenvalue weighted by Gasteiger charge is -2.41. The number of anilines is 1. The van der Waals surface area contributed by atoms with Crippen LogP contribution in [0.3, 0.4) is 0 Å². The Morgan fingerprint density at radius 3 is 2.46 bits per heavy atom. The van der Waals surface area contributed by atoms with Gasteiger partial charge in [0.15, 0.2) is 23.1 Å². The summed E-state index contributed by atoms with van der Waals surface area (Å²) in [7, 11) is 2.35. The third kappa shape index (κ3) is 4.14. The number of ether oxygens (including phenoxy) is 2. The molecule has 1 atom stereocenters. The minimum atomic E-state index is -1.61. The van der Waals surface area contributed by atoms with E-state index in [2.05, 4.69) is 5.32 Å². The summed E-state index contributed by atoms with van der Waals surface area (Å²) < 4.78 is 68.4. The van der Waals surface area contributed by atoms with Gasteiger partial charge in [-0.25, -0.2) is 22.4 Å². The van der Waals surface area contributed by atoms with Gasteiger partial charge >= 0.3 is 6.03 Å². The first-order valence-electron chi connectivity index (χ1n) is 10.5. The molecule has 12 heteroatoms. The van der Waals surface area contributed by atoms with Gasteiger partial charge in [-0.1, -0.05) is 0 Å². The van der Waals surface area contributed by atoms with Crippen LogP contribution in [0.2, 0.25) is 0 Å². The predicted octanol–water partition coefficient (Wildman–Crippen LogP) is 3.30. The summed E-state index contributed by atoms with van der Waals surface area (Å²) in [5.74, 6) is -3.73. The van der Waals surface area contributed by atoms with Gasteiger partial charge in [-0.3, -0.25) is 9.80 Å². The van der Waals surface area contributed by atoms with E-state index in [1.54, 1.807) is 0 Å². The average Bonchev–Trinajstić information content (AvgIpc) is 2.81. The smallest absolute Gasteiger partial charge is 0.329 e. The van der Waals surface area contributed by atoms with E-state index in [-0.39, 0.29) is 53.8 Å². The molecule has 0 aromatic heterocycles. The van der Waals surface area contributed by atoms with Crippen LogP contribution in [0.5, 0.6) is 11.5 Å². The van der Waals surface area contributed by atoms with Crippen molar-refractivity contribution >= 4 is 11.7 Å². The van der Waals surface area contributed by atoms with Crippen LogP contribution in [0.1, 0.15) is 6.42 Å². The average molecular weight is 491 g/mol. The van der Waals surface area contributed by atoms with Crippen LogP contribution in [-0.2, 0) is 0 Å². The molecule has 2 heterocycles. The standard InChI is InChI=1S/C23H21F4N5O3/c1-34-16-6-17(35-2)19(27)21(18(16)26)32-10-12-8-30-22(29)15(7-28)20(12)31(23(32)33)9-11-3-13(24)5-14(25)4-11/h3-4,6,13,30H,5,8-10,29H2,1-2H3. The Morgan fingerprint density at radius 2 is 1.89 bits per heavy atom. The summed E-state index contributed by atoms with van der Waals surface area (Å²) >= 11 is 0. The van der Waals surface area contributed by atoms with Crippen LogP contribution in [0.4, 0.5) is 28.0 Å². The molecule has 2 aliphatic heterocycles. The van der Waals surface area contributed by atoms with Crippen molar-refractivity contribution in [3.63, 3.8) is 0 Å². The van der Waals surface area contributed by atoms with Gasteiger partial charge in [-0.15, -0.1) is 0 Å². The number of hydrogen-bond acceptors (Lipinski definition) is 6. The van der Waals surface area contributed by atoms with Crippen molar-refractivity contribution in [2.24, 2.45) is 5.73 Å². The zero-order valence-corrected chi connectivity index (χ0v) is 18.8. The SMILES string of the molecule is COc1cc(OC)c(F)c(N2CC3=C(C(C#N)=C(N)NC3)N(CC3=CC(F)CC(F)=C3)C2=O)c1F. The first-order valence-corrected chi connectivity index (χ1v) is 10.5. The third-order valence-corrected chi connectivity index (χ3v) is 5.81. The number of nitriles is 1. The van der Waals surface area contributed by atoms with Crippen molar-refractivity contribution in [2.75, 3.05) is 38.8 Å². The maximum Gasteiger partial charge on any atom is 0.329 e. The fourth-order valence-electron chi connectivity index (χ4n) is 4.25. The molecule has 4 rings (SSSR count). The van der Waals surface area contributed by atoms with Crippen molar-refractivity contribution in [3.05, 3.63) is 63.9 Å². The van der Waals surface area contributed by atoms with Crippen LogP contribution in [0, 0.1) is 23.0 Å². The molecule has 1 unspecified atom stereocenters. The lowest BCUT2D eigenvalue weighted by atomic mass is 9.97. The number of dihydropyridines is 1. The quantitative estimate of drug-likeness (QED) is 0.613. The van der Waals surface area contributed by atoms with E-state index in [1.807, 2.05) is 6.07 Å². The van der Waals surface area contributed by atoms with E-state index < -0.39 is 41.8 Å². The fourth-order valence-corrected chi connectivity index (χ4v) is 4.25. The van der Waals surface area contributed by atoms with Crippen molar-refractivity contribution in [1.82, 2.24) is 10.2 Å². The Bertz CT molecular complexity index is 1240. The minimum Gasteiger partial charge on any atom is -0.493 e. The van der Waals surface area contributed by atoms with Crippen LogP contribution in [-0.4, -0.2) is 51.0 Å². The molecule has 35 heavy (non-hydrogen) atoms. The topological polar surface area (TPSA) is 104 Å². The molecule has 1 aromatic carbocycles. The molecule has 1 aromatic rings. The Kier molecular flexibility index (Phi) is 6.34. The highest BCUT2D eigenvalue weighted by molar-refractivity contribution is 5.97. The number of rotatable bonds is 5. The first kappa shape index (κ1) is 24.0. The molecular formula is C23H21F4N5O3. The lowest BCUT2D eigenvalue weighted by Crippen LogP contribution is -2.53. The van der Waals surface area contributed by atoms with Crippen LogP contribution in [0.25, 0.3) is 0 Å². The Labute approximate surface area is 198 Å². The molecule has 184 valence electrons. The Hall–Kier alpha value is -4.14. The van der Waals surface area contributed by atoms with Gasteiger partial charge in [0.05, 0.1) is 33.0 Å². The van der Waals surface area contributed by atoms with Gasteiger partial charge in [0.1, 0.15) is 35.1 Å². The third-order valence-electron chi connectivity index (χ3n) is 5.81. The second kappa shape index (κ2) is 9.25. The number of carbonyl (C=O) groups is 1. The second-order valence-corrected chi connectivity index (χ2v) is 7.97. The lowest BCUT2D eigenvalue weighted by molar-refractivity contribution is 0.217. The summed E-state index contributed by atoms with van der Waals surface area (Å²) in [5.41, 5.74) is 5.76. The van der Waals surface area contributed by atoms with Gasteiger partial charge in [0.2, 0.25) is 0 Å². The number of nitrogens with one attached hydrogen (secondary N) is 1. The number of methoxy groups -OCH3 is 2. The van der Waals surface area contributed by atoms with Gasteiger partial charge in [0, 0.05) is 19.0 Å². The van der Waals surface area contributed by atoms with Crippen LogP contribution < -0.4 is 25.4 Å². The van der Waals surface area contributed by atoms with Crippen molar-refractivity contribution in [2.45, 2.75) is 12.6 Å². The zero-order chi connectivity index (χ0) is 25.4. The molecular weight excluding hydrogens is 470 g/mol. The second-order valence-electron chi connectivity index (χ2n) is 7.97. The normalized spacial score (nSPS) is 20.1. The number of allylic oxidation sites excluding steroid dienone is 3. The molecule has 2 amide bonds. The van der Waals surface area contributed by atoms with Crippen LogP contribution >= 0.6 is 0 Å². The number of halogens is 4. The highest BCUT2D eigenvalue weighted by Crippen LogP contribution is 2.41. The summed E-state index contributed by atoms with van der Waals surface area (Å²) in [6, 6.07) is 1.99. The van der Waals surface area contributed by atoms with Crippen molar-refractivity contribution < 1.29 is 31.8 Å². The van der Waals surface area contributed by atoms with E-state index >= 15 is 8.78 Å². The molecule has 8 nitrogen and oxygen atoms in total. The molecule has 1 aliphatic carbocycles. The molecule has 0 saturated carbocycles. The predicted molar refractivity (Wildman–Crippen MR) is 118 cm³/mol. The van der Waals surface area contributed by atoms with Gasteiger partial charge in [-0.2, -0.15) is 5.26 Å². The number of nitrogens with zero attached hydrogens (tertiary/aromatic N) is 3. The highest BCUT2D eigenvalue weighted by atomic mass is 19.1. The number of urea groups is 1. The Morgan fingerprint density at radius 1 is 1.23 bits per heavy atom. The van der Waals surface area contributed by atoms with E-state index in [0.717, 1.165) is 28.0 Å². The Balaban J connectivity index is 1.88. The van der Waals surface area contributed by atoms with E-state index in [9.17, 15) is 18.8 Å². The summed E-state index contributed by atoms with van der Waals surface area (Å²) in [6.45, 7) is -0.605. The molecule has 0 saturated heterocycles. The van der Waals surface area contributed by atoms with E-state index in [1.165, 1.54) is 14.2 Å². The molecule has 0 spiro atoms.